The van der Waals surface area contributed by atoms with Crippen molar-refractivity contribution < 1.29 is 4.79 Å². The van der Waals surface area contributed by atoms with Gasteiger partial charge in [-0.1, -0.05) is 0 Å². The quantitative estimate of drug-likeness (QED) is 0.700. The molecule has 0 saturated carbocycles. The third kappa shape index (κ3) is 3.06. The number of thioether (sulfide) groups is 1. The predicted octanol–water partition coefficient (Wildman–Crippen LogP) is 2.36. The lowest BCUT2D eigenvalue weighted by atomic mass is 10.1. The third-order valence-corrected chi connectivity index (χ3v) is 3.83. The van der Waals surface area contributed by atoms with Crippen LogP contribution < -0.4 is 0 Å². The SMILES string of the molecule is CCN(C(=O)[C@@H](C)Cl)C1CCSCC1. The maximum atomic E-state index is 11.8. The molecule has 0 bridgehead atoms. The summed E-state index contributed by atoms with van der Waals surface area (Å²) in [5.74, 6) is 2.43. The molecule has 1 aliphatic rings. The number of carbonyl (C=O) groups excluding carboxylic acids is 1. The minimum atomic E-state index is -0.385. The third-order valence-electron chi connectivity index (χ3n) is 2.60. The van der Waals surface area contributed by atoms with Crippen LogP contribution in [0, 0.1) is 0 Å². The van der Waals surface area contributed by atoms with Gasteiger partial charge < -0.3 is 4.90 Å². The van der Waals surface area contributed by atoms with Crippen molar-refractivity contribution in [1.82, 2.24) is 4.90 Å². The van der Waals surface area contributed by atoms with E-state index in [0.29, 0.717) is 6.04 Å². The first-order valence-corrected chi connectivity index (χ1v) is 6.78. The molecule has 1 amide bonds. The molecule has 0 spiro atoms. The molecule has 1 saturated heterocycles. The van der Waals surface area contributed by atoms with Crippen LogP contribution in [0.5, 0.6) is 0 Å². The van der Waals surface area contributed by atoms with Gasteiger partial charge in [0.2, 0.25) is 5.91 Å². The second-order valence-electron chi connectivity index (χ2n) is 3.58. The van der Waals surface area contributed by atoms with Crippen molar-refractivity contribution >= 4 is 29.3 Å². The highest BCUT2D eigenvalue weighted by molar-refractivity contribution is 7.99. The fourth-order valence-corrected chi connectivity index (χ4v) is 3.03. The highest BCUT2D eigenvalue weighted by atomic mass is 35.5. The van der Waals surface area contributed by atoms with Crippen molar-refractivity contribution in [1.29, 1.82) is 0 Å². The number of halogens is 1. The van der Waals surface area contributed by atoms with Gasteiger partial charge in [-0.2, -0.15) is 11.8 Å². The van der Waals surface area contributed by atoms with E-state index in [9.17, 15) is 4.79 Å². The molecule has 1 atom stereocenters. The molecule has 0 aromatic heterocycles. The molecule has 82 valence electrons. The smallest absolute Gasteiger partial charge is 0.240 e. The zero-order valence-corrected chi connectivity index (χ0v) is 10.4. The zero-order valence-electron chi connectivity index (χ0n) is 8.83. The zero-order chi connectivity index (χ0) is 10.6. The fourth-order valence-electron chi connectivity index (χ4n) is 1.82. The predicted molar refractivity (Wildman–Crippen MR) is 63.0 cm³/mol. The Morgan fingerprint density at radius 1 is 1.57 bits per heavy atom. The largest absolute Gasteiger partial charge is 0.339 e. The Bertz CT molecular complexity index is 193. The van der Waals surface area contributed by atoms with Gasteiger partial charge in [0.05, 0.1) is 0 Å². The van der Waals surface area contributed by atoms with Crippen molar-refractivity contribution in [3.05, 3.63) is 0 Å². The summed E-state index contributed by atoms with van der Waals surface area (Å²) < 4.78 is 0. The average Bonchev–Trinajstić information content (AvgIpc) is 2.20. The second-order valence-corrected chi connectivity index (χ2v) is 5.46. The fraction of sp³-hybridized carbons (Fsp3) is 0.900. The van der Waals surface area contributed by atoms with Crippen LogP contribution in [-0.4, -0.2) is 40.3 Å². The number of hydrogen-bond donors (Lipinski definition) is 0. The highest BCUT2D eigenvalue weighted by Crippen LogP contribution is 2.22. The van der Waals surface area contributed by atoms with Crippen molar-refractivity contribution in [2.45, 2.75) is 38.1 Å². The van der Waals surface area contributed by atoms with E-state index in [2.05, 4.69) is 0 Å². The Kier molecular flexibility index (Phi) is 5.10. The van der Waals surface area contributed by atoms with E-state index in [1.54, 1.807) is 6.92 Å². The van der Waals surface area contributed by atoms with Crippen LogP contribution in [0.4, 0.5) is 0 Å². The highest BCUT2D eigenvalue weighted by Gasteiger charge is 2.26. The Morgan fingerprint density at radius 3 is 2.57 bits per heavy atom. The van der Waals surface area contributed by atoms with Gasteiger partial charge in [0, 0.05) is 12.6 Å². The first kappa shape index (κ1) is 12.2. The summed E-state index contributed by atoms with van der Waals surface area (Å²) in [6.07, 6.45) is 2.24. The molecule has 0 aliphatic carbocycles. The van der Waals surface area contributed by atoms with E-state index >= 15 is 0 Å². The molecular formula is C10H18ClNOS. The molecule has 2 nitrogen and oxygen atoms in total. The van der Waals surface area contributed by atoms with Crippen LogP contribution in [0.2, 0.25) is 0 Å². The summed E-state index contributed by atoms with van der Waals surface area (Å²) in [4.78, 5) is 13.7. The lowest BCUT2D eigenvalue weighted by Crippen LogP contribution is -2.44. The summed E-state index contributed by atoms with van der Waals surface area (Å²) in [6, 6.07) is 0.426. The van der Waals surface area contributed by atoms with Crippen LogP contribution in [0.3, 0.4) is 0 Å². The van der Waals surface area contributed by atoms with Crippen LogP contribution in [0.15, 0.2) is 0 Å². The van der Waals surface area contributed by atoms with E-state index in [1.165, 1.54) is 11.5 Å². The van der Waals surface area contributed by atoms with Crippen molar-refractivity contribution in [2.75, 3.05) is 18.1 Å². The van der Waals surface area contributed by atoms with Gasteiger partial charge in [0.25, 0.3) is 0 Å². The summed E-state index contributed by atoms with van der Waals surface area (Å²) in [5, 5.41) is -0.385. The molecule has 0 unspecified atom stereocenters. The van der Waals surface area contributed by atoms with E-state index in [1.807, 2.05) is 23.6 Å². The molecule has 0 N–H and O–H groups in total. The number of nitrogens with zero attached hydrogens (tertiary/aromatic N) is 1. The number of alkyl halides is 1. The van der Waals surface area contributed by atoms with Crippen molar-refractivity contribution in [3.8, 4) is 0 Å². The summed E-state index contributed by atoms with van der Waals surface area (Å²) >= 11 is 7.80. The Morgan fingerprint density at radius 2 is 2.14 bits per heavy atom. The maximum absolute atomic E-state index is 11.8. The lowest BCUT2D eigenvalue weighted by molar-refractivity contribution is -0.132. The van der Waals surface area contributed by atoms with E-state index in [0.717, 1.165) is 19.4 Å². The standard InChI is InChI=1S/C10H18ClNOS/c1-3-12(10(13)8(2)11)9-4-6-14-7-5-9/h8-9H,3-7H2,1-2H3/t8-/m1/s1. The van der Waals surface area contributed by atoms with Crippen LogP contribution in [0.25, 0.3) is 0 Å². The van der Waals surface area contributed by atoms with Gasteiger partial charge in [-0.15, -0.1) is 11.6 Å². The number of amides is 1. The summed E-state index contributed by atoms with van der Waals surface area (Å²) in [5.41, 5.74) is 0. The van der Waals surface area contributed by atoms with Crippen LogP contribution in [0.1, 0.15) is 26.7 Å². The summed E-state index contributed by atoms with van der Waals surface area (Å²) in [6.45, 7) is 4.56. The van der Waals surface area contributed by atoms with Crippen molar-refractivity contribution in [2.24, 2.45) is 0 Å². The Balaban J connectivity index is 2.55. The van der Waals surface area contributed by atoms with Gasteiger partial charge in [-0.05, 0) is 38.2 Å². The Labute approximate surface area is 95.4 Å². The van der Waals surface area contributed by atoms with E-state index in [4.69, 9.17) is 11.6 Å². The lowest BCUT2D eigenvalue weighted by Gasteiger charge is -2.34. The minimum Gasteiger partial charge on any atom is -0.339 e. The topological polar surface area (TPSA) is 20.3 Å². The van der Waals surface area contributed by atoms with Gasteiger partial charge in [-0.3, -0.25) is 4.79 Å². The van der Waals surface area contributed by atoms with Gasteiger partial charge in [0.15, 0.2) is 0 Å². The van der Waals surface area contributed by atoms with Gasteiger partial charge in [-0.25, -0.2) is 0 Å². The van der Waals surface area contributed by atoms with E-state index in [-0.39, 0.29) is 11.3 Å². The molecule has 14 heavy (non-hydrogen) atoms. The van der Waals surface area contributed by atoms with Gasteiger partial charge >= 0.3 is 0 Å². The average molecular weight is 236 g/mol. The monoisotopic (exact) mass is 235 g/mol. The first-order chi connectivity index (χ1) is 6.66. The summed E-state index contributed by atoms with van der Waals surface area (Å²) in [7, 11) is 0. The maximum Gasteiger partial charge on any atom is 0.240 e. The number of rotatable bonds is 3. The molecule has 4 heteroatoms. The normalized spacial score (nSPS) is 20.5. The second kappa shape index (κ2) is 5.86. The molecule has 0 aromatic rings. The van der Waals surface area contributed by atoms with Gasteiger partial charge in [0.1, 0.15) is 5.38 Å². The molecule has 0 aromatic carbocycles. The molecular weight excluding hydrogens is 218 g/mol. The molecule has 1 heterocycles. The molecule has 1 aliphatic heterocycles. The molecule has 1 fully saturated rings. The van der Waals surface area contributed by atoms with Crippen LogP contribution >= 0.6 is 23.4 Å². The van der Waals surface area contributed by atoms with E-state index < -0.39 is 0 Å². The number of carbonyl (C=O) groups is 1. The molecule has 1 rings (SSSR count). The molecule has 0 radical (unpaired) electrons. The van der Waals surface area contributed by atoms with Crippen LogP contribution in [-0.2, 0) is 4.79 Å². The number of hydrogen-bond acceptors (Lipinski definition) is 2. The first-order valence-electron chi connectivity index (χ1n) is 5.19. The Hall–Kier alpha value is 0.110. The van der Waals surface area contributed by atoms with Crippen molar-refractivity contribution in [3.63, 3.8) is 0 Å². The minimum absolute atomic E-state index is 0.0890.